The molecule has 0 aliphatic carbocycles. The summed E-state index contributed by atoms with van der Waals surface area (Å²) in [4.78, 5) is 4.44. The smallest absolute Gasteiger partial charge is 0.0757 e. The Morgan fingerprint density at radius 2 is 2.20 bits per heavy atom. The van der Waals surface area contributed by atoms with E-state index in [2.05, 4.69) is 41.5 Å². The molecule has 3 unspecified atom stereocenters. The predicted octanol–water partition coefficient (Wildman–Crippen LogP) is 2.79. The van der Waals surface area contributed by atoms with Crippen molar-refractivity contribution < 1.29 is 4.74 Å². The van der Waals surface area contributed by atoms with Crippen LogP contribution in [0.15, 0.2) is 36.5 Å². The molecule has 3 atom stereocenters. The Labute approximate surface area is 120 Å². The fourth-order valence-electron chi connectivity index (χ4n) is 3.18. The fourth-order valence-corrected chi connectivity index (χ4v) is 3.18. The number of para-hydroxylation sites is 1. The van der Waals surface area contributed by atoms with E-state index in [1.54, 1.807) is 0 Å². The molecule has 1 aliphatic rings. The molecule has 1 N–H and O–H groups in total. The first-order valence-electron chi connectivity index (χ1n) is 7.41. The summed E-state index contributed by atoms with van der Waals surface area (Å²) in [6.45, 7) is 3.17. The summed E-state index contributed by atoms with van der Waals surface area (Å²) in [5.41, 5.74) is 2.41. The number of aromatic nitrogens is 1. The molecule has 1 fully saturated rings. The molecule has 1 aliphatic heterocycles. The van der Waals surface area contributed by atoms with Gasteiger partial charge in [0.1, 0.15) is 0 Å². The van der Waals surface area contributed by atoms with E-state index < -0.39 is 0 Å². The maximum Gasteiger partial charge on any atom is 0.0757 e. The first kappa shape index (κ1) is 13.5. The number of hydrogen-bond acceptors (Lipinski definition) is 3. The molecule has 0 bridgehead atoms. The highest BCUT2D eigenvalue weighted by molar-refractivity contribution is 5.81. The maximum atomic E-state index is 5.92. The second-order valence-corrected chi connectivity index (χ2v) is 5.69. The number of nitrogens with one attached hydrogen (secondary N) is 1. The van der Waals surface area contributed by atoms with Crippen LogP contribution in [0.3, 0.4) is 0 Å². The number of rotatable bonds is 4. The summed E-state index contributed by atoms with van der Waals surface area (Å²) in [5, 5.41) is 4.69. The van der Waals surface area contributed by atoms with Crippen molar-refractivity contribution in [2.75, 3.05) is 13.7 Å². The van der Waals surface area contributed by atoms with Crippen LogP contribution in [-0.2, 0) is 11.2 Å². The van der Waals surface area contributed by atoms with Crippen molar-refractivity contribution >= 4 is 10.9 Å². The van der Waals surface area contributed by atoms with Crippen molar-refractivity contribution in [3.63, 3.8) is 0 Å². The Morgan fingerprint density at radius 3 is 2.95 bits per heavy atom. The van der Waals surface area contributed by atoms with Gasteiger partial charge < -0.3 is 10.1 Å². The molecule has 106 valence electrons. The minimum atomic E-state index is 0.312. The molecule has 0 amide bonds. The predicted molar refractivity (Wildman–Crippen MR) is 81.8 cm³/mol. The Hall–Kier alpha value is -1.45. The van der Waals surface area contributed by atoms with Gasteiger partial charge in [-0.05, 0) is 43.5 Å². The first-order chi connectivity index (χ1) is 9.79. The molecule has 2 aromatic rings. The third-order valence-electron chi connectivity index (χ3n) is 4.39. The third-order valence-corrected chi connectivity index (χ3v) is 4.39. The summed E-state index contributed by atoms with van der Waals surface area (Å²) in [6, 6.07) is 10.8. The molecule has 0 radical (unpaired) electrons. The van der Waals surface area contributed by atoms with Crippen molar-refractivity contribution in [1.29, 1.82) is 0 Å². The minimum absolute atomic E-state index is 0.312. The lowest BCUT2D eigenvalue weighted by atomic mass is 9.92. The second-order valence-electron chi connectivity index (χ2n) is 5.69. The fraction of sp³-hybridized carbons (Fsp3) is 0.471. The number of pyridine rings is 1. The zero-order valence-electron chi connectivity index (χ0n) is 12.2. The van der Waals surface area contributed by atoms with Gasteiger partial charge in [-0.3, -0.25) is 4.98 Å². The van der Waals surface area contributed by atoms with Crippen molar-refractivity contribution in [3.8, 4) is 0 Å². The average Bonchev–Trinajstić information content (AvgIpc) is 2.91. The van der Waals surface area contributed by atoms with Gasteiger partial charge in [-0.25, -0.2) is 0 Å². The first-order valence-corrected chi connectivity index (χ1v) is 7.41. The number of nitrogens with zero attached hydrogens (tertiary/aromatic N) is 1. The summed E-state index contributed by atoms with van der Waals surface area (Å²) >= 11 is 0. The van der Waals surface area contributed by atoms with Crippen LogP contribution in [-0.4, -0.2) is 30.8 Å². The SMILES string of the molecule is CNC(Cc1ccnc2ccccc12)C1OCCC1C. The van der Waals surface area contributed by atoms with E-state index in [0.29, 0.717) is 18.1 Å². The molecule has 0 saturated carbocycles. The molecule has 2 heterocycles. The Morgan fingerprint density at radius 1 is 1.35 bits per heavy atom. The van der Waals surface area contributed by atoms with Gasteiger partial charge in [-0.15, -0.1) is 0 Å². The van der Waals surface area contributed by atoms with E-state index in [1.165, 1.54) is 17.4 Å². The van der Waals surface area contributed by atoms with Crippen molar-refractivity contribution in [3.05, 3.63) is 42.1 Å². The zero-order valence-corrected chi connectivity index (χ0v) is 12.2. The monoisotopic (exact) mass is 270 g/mol. The average molecular weight is 270 g/mol. The Bertz CT molecular complexity index is 579. The van der Waals surface area contributed by atoms with Gasteiger partial charge in [-0.1, -0.05) is 25.1 Å². The van der Waals surface area contributed by atoms with Crippen LogP contribution in [0.4, 0.5) is 0 Å². The quantitative estimate of drug-likeness (QED) is 0.927. The van der Waals surface area contributed by atoms with Gasteiger partial charge in [0.15, 0.2) is 0 Å². The van der Waals surface area contributed by atoms with Crippen molar-refractivity contribution in [2.45, 2.75) is 31.9 Å². The summed E-state index contributed by atoms with van der Waals surface area (Å²) in [7, 11) is 2.03. The highest BCUT2D eigenvalue weighted by atomic mass is 16.5. The van der Waals surface area contributed by atoms with Gasteiger partial charge >= 0.3 is 0 Å². The van der Waals surface area contributed by atoms with Crippen LogP contribution >= 0.6 is 0 Å². The number of hydrogen-bond donors (Lipinski definition) is 1. The molecule has 0 spiro atoms. The summed E-state index contributed by atoms with van der Waals surface area (Å²) < 4.78 is 5.92. The van der Waals surface area contributed by atoms with E-state index in [9.17, 15) is 0 Å². The zero-order chi connectivity index (χ0) is 13.9. The Kier molecular flexibility index (Phi) is 3.99. The number of ether oxygens (including phenoxy) is 1. The minimum Gasteiger partial charge on any atom is -0.376 e. The van der Waals surface area contributed by atoms with Gasteiger partial charge in [0.05, 0.1) is 11.6 Å². The lowest BCUT2D eigenvalue weighted by Gasteiger charge is -2.26. The maximum absolute atomic E-state index is 5.92. The topological polar surface area (TPSA) is 34.2 Å². The van der Waals surface area contributed by atoms with Crippen LogP contribution in [0.2, 0.25) is 0 Å². The molecule has 1 aromatic carbocycles. The highest BCUT2D eigenvalue weighted by Crippen LogP contribution is 2.26. The van der Waals surface area contributed by atoms with Crippen molar-refractivity contribution in [2.24, 2.45) is 5.92 Å². The van der Waals surface area contributed by atoms with Gasteiger partial charge in [-0.2, -0.15) is 0 Å². The number of fused-ring (bicyclic) bond motifs is 1. The molecule has 3 heteroatoms. The highest BCUT2D eigenvalue weighted by Gasteiger charge is 2.31. The van der Waals surface area contributed by atoms with E-state index >= 15 is 0 Å². The molecule has 1 aromatic heterocycles. The summed E-state index contributed by atoms with van der Waals surface area (Å²) in [6.07, 6.45) is 4.37. The van der Waals surface area contributed by atoms with Crippen LogP contribution in [0.1, 0.15) is 18.9 Å². The molecule has 20 heavy (non-hydrogen) atoms. The second kappa shape index (κ2) is 5.90. The number of benzene rings is 1. The van der Waals surface area contributed by atoms with E-state index in [0.717, 1.165) is 18.5 Å². The molecule has 3 nitrogen and oxygen atoms in total. The number of likely N-dealkylation sites (N-methyl/N-ethyl adjacent to an activating group) is 1. The lowest BCUT2D eigenvalue weighted by molar-refractivity contribution is 0.0635. The molecular formula is C17H22N2O. The van der Waals surface area contributed by atoms with E-state index in [4.69, 9.17) is 4.74 Å². The normalized spacial score (nSPS) is 24.1. The largest absolute Gasteiger partial charge is 0.376 e. The molecule has 1 saturated heterocycles. The third kappa shape index (κ3) is 2.56. The molecule has 3 rings (SSSR count). The molecular weight excluding hydrogens is 248 g/mol. The van der Waals surface area contributed by atoms with Crippen LogP contribution < -0.4 is 5.32 Å². The van der Waals surface area contributed by atoms with Gasteiger partial charge in [0.25, 0.3) is 0 Å². The van der Waals surface area contributed by atoms with Gasteiger partial charge in [0.2, 0.25) is 0 Å². The van der Waals surface area contributed by atoms with Crippen LogP contribution in [0.25, 0.3) is 10.9 Å². The van der Waals surface area contributed by atoms with Crippen LogP contribution in [0.5, 0.6) is 0 Å². The van der Waals surface area contributed by atoms with E-state index in [1.807, 2.05) is 19.3 Å². The Balaban J connectivity index is 1.87. The lowest BCUT2D eigenvalue weighted by Crippen LogP contribution is -2.41. The summed E-state index contributed by atoms with van der Waals surface area (Å²) in [5.74, 6) is 0.626. The van der Waals surface area contributed by atoms with E-state index in [-0.39, 0.29) is 0 Å². The van der Waals surface area contributed by atoms with Crippen LogP contribution in [0, 0.1) is 5.92 Å². The van der Waals surface area contributed by atoms with Gasteiger partial charge in [0, 0.05) is 24.2 Å². The standard InChI is InChI=1S/C17H22N2O/c1-12-8-10-20-17(12)16(18-2)11-13-7-9-19-15-6-4-3-5-14(13)15/h3-7,9,12,16-18H,8,10-11H2,1-2H3. The van der Waals surface area contributed by atoms with Crippen molar-refractivity contribution in [1.82, 2.24) is 10.3 Å².